The Morgan fingerprint density at radius 2 is 2.00 bits per heavy atom. The molecule has 0 saturated heterocycles. The Hall–Kier alpha value is -0.430. The maximum absolute atomic E-state index is 12.1. The fourth-order valence-corrected chi connectivity index (χ4v) is 1.73. The van der Waals surface area contributed by atoms with Crippen LogP contribution < -0.4 is 0 Å². The van der Waals surface area contributed by atoms with Crippen LogP contribution in [0.15, 0.2) is 0 Å². The number of halogens is 3. The number of hydrogen-bond donors (Lipinski definition) is 1. The summed E-state index contributed by atoms with van der Waals surface area (Å²) in [5.74, 6) is -0.346. The first-order valence-corrected chi connectivity index (χ1v) is 6.24. The molecule has 0 aliphatic carbocycles. The highest BCUT2D eigenvalue weighted by Crippen LogP contribution is 2.16. The van der Waals surface area contributed by atoms with Crippen molar-refractivity contribution in [3.8, 4) is 0 Å². The van der Waals surface area contributed by atoms with Gasteiger partial charge in [0.25, 0.3) is 0 Å². The second-order valence-electron chi connectivity index (χ2n) is 3.42. The summed E-state index contributed by atoms with van der Waals surface area (Å²) < 4.78 is 36.3. The van der Waals surface area contributed by atoms with Crippen LogP contribution in [0.3, 0.4) is 0 Å². The highest BCUT2D eigenvalue weighted by Gasteiger charge is 2.31. The van der Waals surface area contributed by atoms with Gasteiger partial charge < -0.3 is 5.11 Å². The van der Waals surface area contributed by atoms with Crippen LogP contribution in [0, 0.1) is 0 Å². The van der Waals surface area contributed by atoms with Gasteiger partial charge in [-0.2, -0.15) is 24.9 Å². The topological polar surface area (TPSA) is 40.5 Å². The minimum absolute atomic E-state index is 0.173. The molecule has 0 unspecified atom stereocenters. The molecule has 0 saturated carbocycles. The summed E-state index contributed by atoms with van der Waals surface area (Å²) in [6.45, 7) is -1.54. The lowest BCUT2D eigenvalue weighted by Gasteiger charge is -2.21. The molecular formula is C9H16F3NO2S. The molecular weight excluding hydrogens is 243 g/mol. The van der Waals surface area contributed by atoms with Crippen molar-refractivity contribution in [2.75, 3.05) is 31.6 Å². The molecule has 96 valence electrons. The Kier molecular flexibility index (Phi) is 7.57. The first-order chi connectivity index (χ1) is 7.35. The smallest absolute Gasteiger partial charge is 0.401 e. The van der Waals surface area contributed by atoms with E-state index in [2.05, 4.69) is 0 Å². The van der Waals surface area contributed by atoms with Gasteiger partial charge in [0, 0.05) is 0 Å². The molecule has 0 spiro atoms. The van der Waals surface area contributed by atoms with Gasteiger partial charge in [0.15, 0.2) is 0 Å². The number of carbonyl (C=O) groups is 1. The molecule has 0 aromatic heterocycles. The third-order valence-electron chi connectivity index (χ3n) is 1.83. The van der Waals surface area contributed by atoms with Crippen molar-refractivity contribution in [1.29, 1.82) is 0 Å². The van der Waals surface area contributed by atoms with E-state index in [4.69, 9.17) is 5.11 Å². The summed E-state index contributed by atoms with van der Waals surface area (Å²) in [5, 5.41) is 8.47. The molecule has 0 aromatic carbocycles. The molecule has 0 radical (unpaired) electrons. The number of thioether (sulfide) groups is 1. The van der Waals surface area contributed by atoms with Crippen LogP contribution in [0.4, 0.5) is 13.2 Å². The summed E-state index contributed by atoms with van der Waals surface area (Å²) in [6, 6.07) is 0. The average molecular weight is 259 g/mol. The van der Waals surface area contributed by atoms with Crippen LogP contribution in [-0.2, 0) is 4.79 Å². The average Bonchev–Trinajstić information content (AvgIpc) is 2.08. The van der Waals surface area contributed by atoms with Gasteiger partial charge in [-0.3, -0.25) is 9.69 Å². The largest absolute Gasteiger partial charge is 0.480 e. The monoisotopic (exact) mass is 259 g/mol. The zero-order valence-corrected chi connectivity index (χ0v) is 9.90. The van der Waals surface area contributed by atoms with E-state index in [0.29, 0.717) is 6.42 Å². The SMILES string of the molecule is CSCCCCN(CC(=O)O)CC(F)(F)F. The van der Waals surface area contributed by atoms with Crippen LogP contribution in [0.5, 0.6) is 0 Å². The Labute approximate surface area is 97.0 Å². The van der Waals surface area contributed by atoms with Crippen LogP contribution >= 0.6 is 11.8 Å². The molecule has 0 fully saturated rings. The second-order valence-corrected chi connectivity index (χ2v) is 4.41. The molecule has 0 rings (SSSR count). The van der Waals surface area contributed by atoms with Crippen LogP contribution in [0.1, 0.15) is 12.8 Å². The normalized spacial score (nSPS) is 12.1. The number of hydrogen-bond acceptors (Lipinski definition) is 3. The van der Waals surface area contributed by atoms with E-state index in [1.54, 1.807) is 11.8 Å². The van der Waals surface area contributed by atoms with E-state index in [9.17, 15) is 18.0 Å². The van der Waals surface area contributed by atoms with Crippen molar-refractivity contribution in [3.63, 3.8) is 0 Å². The maximum atomic E-state index is 12.1. The lowest BCUT2D eigenvalue weighted by Crippen LogP contribution is -2.38. The Balaban J connectivity index is 3.96. The zero-order chi connectivity index (χ0) is 12.6. The predicted molar refractivity (Wildman–Crippen MR) is 57.7 cm³/mol. The zero-order valence-electron chi connectivity index (χ0n) is 9.09. The van der Waals surface area contributed by atoms with Gasteiger partial charge in [-0.15, -0.1) is 0 Å². The van der Waals surface area contributed by atoms with Crippen molar-refractivity contribution < 1.29 is 23.1 Å². The molecule has 0 atom stereocenters. The van der Waals surface area contributed by atoms with Crippen molar-refractivity contribution in [2.24, 2.45) is 0 Å². The lowest BCUT2D eigenvalue weighted by molar-refractivity contribution is -0.153. The van der Waals surface area contributed by atoms with Crippen molar-refractivity contribution in [2.45, 2.75) is 19.0 Å². The minimum atomic E-state index is -4.34. The van der Waals surface area contributed by atoms with Crippen molar-refractivity contribution in [3.05, 3.63) is 0 Å². The standard InChI is InChI=1S/C9H16F3NO2S/c1-16-5-3-2-4-13(6-8(14)15)7-9(10,11)12/h2-7H2,1H3,(H,14,15). The van der Waals surface area contributed by atoms with E-state index in [1.807, 2.05) is 6.26 Å². The third kappa shape index (κ3) is 10.1. The molecule has 7 heteroatoms. The van der Waals surface area contributed by atoms with Gasteiger partial charge in [-0.25, -0.2) is 0 Å². The number of alkyl halides is 3. The number of unbranched alkanes of at least 4 members (excludes halogenated alkanes) is 1. The van der Waals surface area contributed by atoms with Crippen molar-refractivity contribution in [1.82, 2.24) is 4.90 Å². The maximum Gasteiger partial charge on any atom is 0.401 e. The molecule has 0 amide bonds. The van der Waals surface area contributed by atoms with Gasteiger partial charge in [0.05, 0.1) is 13.1 Å². The second kappa shape index (κ2) is 7.78. The Morgan fingerprint density at radius 1 is 1.38 bits per heavy atom. The van der Waals surface area contributed by atoms with Gasteiger partial charge >= 0.3 is 12.1 Å². The quantitative estimate of drug-likeness (QED) is 0.678. The van der Waals surface area contributed by atoms with E-state index in [0.717, 1.165) is 17.1 Å². The van der Waals surface area contributed by atoms with Crippen molar-refractivity contribution >= 4 is 17.7 Å². The minimum Gasteiger partial charge on any atom is -0.480 e. The molecule has 0 aliphatic heterocycles. The van der Waals surface area contributed by atoms with Gasteiger partial charge in [0.1, 0.15) is 0 Å². The summed E-state index contributed by atoms with van der Waals surface area (Å²) in [6.07, 6.45) is -1.03. The first kappa shape index (κ1) is 15.6. The van der Waals surface area contributed by atoms with Crippen LogP contribution in [0.2, 0.25) is 0 Å². The molecule has 16 heavy (non-hydrogen) atoms. The molecule has 0 aromatic rings. The number of carboxylic acid groups (broad SMARTS) is 1. The number of nitrogens with zero attached hydrogens (tertiary/aromatic N) is 1. The molecule has 0 aliphatic rings. The van der Waals surface area contributed by atoms with Gasteiger partial charge in [0.2, 0.25) is 0 Å². The lowest BCUT2D eigenvalue weighted by atomic mass is 10.3. The van der Waals surface area contributed by atoms with Gasteiger partial charge in [-0.1, -0.05) is 0 Å². The molecule has 1 N–H and O–H groups in total. The van der Waals surface area contributed by atoms with Crippen LogP contribution in [-0.4, -0.2) is 53.8 Å². The van der Waals surface area contributed by atoms with E-state index in [-0.39, 0.29) is 6.54 Å². The van der Waals surface area contributed by atoms with E-state index >= 15 is 0 Å². The molecule has 0 heterocycles. The summed E-state index contributed by atoms with van der Waals surface area (Å²) in [4.78, 5) is 11.3. The highest BCUT2D eigenvalue weighted by atomic mass is 32.2. The number of aliphatic carboxylic acids is 1. The fraction of sp³-hybridized carbons (Fsp3) is 0.889. The first-order valence-electron chi connectivity index (χ1n) is 4.85. The summed E-state index contributed by atoms with van der Waals surface area (Å²) in [5.41, 5.74) is 0. The number of carboxylic acids is 1. The summed E-state index contributed by atoms with van der Waals surface area (Å²) in [7, 11) is 0. The highest BCUT2D eigenvalue weighted by molar-refractivity contribution is 7.98. The van der Waals surface area contributed by atoms with Gasteiger partial charge in [-0.05, 0) is 31.4 Å². The summed E-state index contributed by atoms with van der Waals surface area (Å²) >= 11 is 1.62. The number of rotatable bonds is 8. The van der Waals surface area contributed by atoms with Crippen LogP contribution in [0.25, 0.3) is 0 Å². The van der Waals surface area contributed by atoms with E-state index < -0.39 is 25.2 Å². The Morgan fingerprint density at radius 3 is 2.44 bits per heavy atom. The fourth-order valence-electron chi connectivity index (χ4n) is 1.24. The van der Waals surface area contributed by atoms with E-state index in [1.165, 1.54) is 0 Å². The Bertz CT molecular complexity index is 211. The molecule has 3 nitrogen and oxygen atoms in total. The predicted octanol–water partition coefficient (Wildman–Crippen LogP) is 2.08. The third-order valence-corrected chi connectivity index (χ3v) is 2.53. The molecule has 0 bridgehead atoms.